The van der Waals surface area contributed by atoms with E-state index in [2.05, 4.69) is 10.3 Å². The van der Waals surface area contributed by atoms with Crippen LogP contribution in [0.2, 0.25) is 0 Å². The van der Waals surface area contributed by atoms with Crippen molar-refractivity contribution in [3.8, 4) is 11.4 Å². The summed E-state index contributed by atoms with van der Waals surface area (Å²) in [5.74, 6) is 1.02. The van der Waals surface area contributed by atoms with Crippen LogP contribution in [0.15, 0.2) is 42.6 Å². The maximum absolute atomic E-state index is 11.8. The molecule has 1 saturated heterocycles. The van der Waals surface area contributed by atoms with Gasteiger partial charge in [0.25, 0.3) is 0 Å². The van der Waals surface area contributed by atoms with E-state index >= 15 is 0 Å². The smallest absolute Gasteiger partial charge is 0.317 e. The van der Waals surface area contributed by atoms with Gasteiger partial charge in [-0.3, -0.25) is 0 Å². The predicted octanol–water partition coefficient (Wildman–Crippen LogP) is 2.66. The van der Waals surface area contributed by atoms with Crippen LogP contribution in [-0.2, 0) is 0 Å². The van der Waals surface area contributed by atoms with Gasteiger partial charge in [-0.05, 0) is 18.9 Å². The Labute approximate surface area is 130 Å². The lowest BCUT2D eigenvalue weighted by atomic mass is 9.94. The van der Waals surface area contributed by atoms with Crippen LogP contribution in [0, 0.1) is 0 Å². The molecular formula is C17H20N4O. The van der Waals surface area contributed by atoms with E-state index in [-0.39, 0.29) is 11.9 Å². The third-order valence-corrected chi connectivity index (χ3v) is 4.05. The molecule has 22 heavy (non-hydrogen) atoms. The molecule has 5 nitrogen and oxygen atoms in total. The van der Waals surface area contributed by atoms with Crippen LogP contribution in [0.25, 0.3) is 11.4 Å². The van der Waals surface area contributed by atoms with E-state index in [4.69, 9.17) is 4.98 Å². The molecular weight excluding hydrogens is 276 g/mol. The molecule has 5 heteroatoms. The van der Waals surface area contributed by atoms with Gasteiger partial charge in [0, 0.05) is 43.5 Å². The number of benzene rings is 1. The van der Waals surface area contributed by atoms with Gasteiger partial charge in [0.05, 0.1) is 0 Å². The summed E-state index contributed by atoms with van der Waals surface area (Å²) in [6, 6.07) is 11.9. The van der Waals surface area contributed by atoms with Crippen LogP contribution < -0.4 is 5.32 Å². The molecule has 2 heterocycles. The first-order chi connectivity index (χ1) is 10.8. The van der Waals surface area contributed by atoms with Gasteiger partial charge in [0.2, 0.25) is 0 Å². The summed E-state index contributed by atoms with van der Waals surface area (Å²) in [5.41, 5.74) is 2.03. The zero-order valence-electron chi connectivity index (χ0n) is 12.7. The molecule has 1 fully saturated rings. The summed E-state index contributed by atoms with van der Waals surface area (Å²) in [7, 11) is 1.67. The summed E-state index contributed by atoms with van der Waals surface area (Å²) in [6.45, 7) is 1.53. The molecule has 0 radical (unpaired) electrons. The number of carbonyl (C=O) groups excluding carboxylic acids is 1. The lowest BCUT2D eigenvalue weighted by Gasteiger charge is -2.32. The van der Waals surface area contributed by atoms with E-state index in [1.807, 2.05) is 47.5 Å². The average molecular weight is 296 g/mol. The Kier molecular flexibility index (Phi) is 4.32. The van der Waals surface area contributed by atoms with Crippen LogP contribution >= 0.6 is 0 Å². The van der Waals surface area contributed by atoms with Crippen molar-refractivity contribution in [3.05, 3.63) is 48.3 Å². The van der Waals surface area contributed by atoms with Crippen molar-refractivity contribution >= 4 is 6.03 Å². The van der Waals surface area contributed by atoms with E-state index in [0.29, 0.717) is 6.54 Å². The van der Waals surface area contributed by atoms with E-state index in [9.17, 15) is 4.79 Å². The number of nitrogens with zero attached hydrogens (tertiary/aromatic N) is 3. The van der Waals surface area contributed by atoms with Crippen molar-refractivity contribution in [2.24, 2.45) is 0 Å². The molecule has 0 spiro atoms. The van der Waals surface area contributed by atoms with Gasteiger partial charge in [-0.2, -0.15) is 0 Å². The van der Waals surface area contributed by atoms with Crippen LogP contribution in [0.4, 0.5) is 4.79 Å². The number of hydrogen-bond donors (Lipinski definition) is 1. The minimum Gasteiger partial charge on any atom is -0.341 e. The van der Waals surface area contributed by atoms with Gasteiger partial charge in [-0.25, -0.2) is 14.8 Å². The Morgan fingerprint density at radius 2 is 2.09 bits per heavy atom. The van der Waals surface area contributed by atoms with Crippen molar-refractivity contribution in [2.45, 2.75) is 18.8 Å². The molecule has 2 aromatic rings. The number of carbonyl (C=O) groups is 1. The van der Waals surface area contributed by atoms with Gasteiger partial charge < -0.3 is 10.2 Å². The monoisotopic (exact) mass is 296 g/mol. The minimum absolute atomic E-state index is 0.0120. The highest BCUT2D eigenvalue weighted by atomic mass is 16.2. The lowest BCUT2D eigenvalue weighted by Crippen LogP contribution is -2.43. The second-order valence-corrected chi connectivity index (χ2v) is 5.51. The fourth-order valence-electron chi connectivity index (χ4n) is 2.89. The summed E-state index contributed by atoms with van der Waals surface area (Å²) >= 11 is 0. The molecule has 1 atom stereocenters. The highest BCUT2D eigenvalue weighted by molar-refractivity contribution is 5.74. The van der Waals surface area contributed by atoms with Crippen LogP contribution in [0.1, 0.15) is 24.5 Å². The van der Waals surface area contributed by atoms with E-state index in [1.54, 1.807) is 7.05 Å². The maximum Gasteiger partial charge on any atom is 0.317 e. The van der Waals surface area contributed by atoms with Crippen molar-refractivity contribution < 1.29 is 4.79 Å². The Morgan fingerprint density at radius 3 is 2.86 bits per heavy atom. The second-order valence-electron chi connectivity index (χ2n) is 5.51. The molecule has 2 amide bonds. The number of rotatable bonds is 2. The summed E-state index contributed by atoms with van der Waals surface area (Å²) in [5, 5.41) is 2.70. The zero-order valence-corrected chi connectivity index (χ0v) is 12.7. The molecule has 114 valence electrons. The first kappa shape index (κ1) is 14.5. The predicted molar refractivity (Wildman–Crippen MR) is 85.5 cm³/mol. The Hall–Kier alpha value is -2.43. The first-order valence-corrected chi connectivity index (χ1v) is 7.63. The fourth-order valence-corrected chi connectivity index (χ4v) is 2.89. The van der Waals surface area contributed by atoms with Gasteiger partial charge in [-0.15, -0.1) is 0 Å². The number of likely N-dealkylation sites (tertiary alicyclic amines) is 1. The highest BCUT2D eigenvalue weighted by Gasteiger charge is 2.25. The maximum atomic E-state index is 11.8. The van der Waals surface area contributed by atoms with Crippen molar-refractivity contribution in [1.82, 2.24) is 20.2 Å². The second kappa shape index (κ2) is 6.56. The van der Waals surface area contributed by atoms with E-state index in [1.165, 1.54) is 0 Å². The summed E-state index contributed by atoms with van der Waals surface area (Å²) in [4.78, 5) is 22.8. The number of aromatic nitrogens is 2. The largest absolute Gasteiger partial charge is 0.341 e. The number of urea groups is 1. The molecule has 0 bridgehead atoms. The first-order valence-electron chi connectivity index (χ1n) is 7.63. The molecule has 0 aliphatic carbocycles. The molecule has 1 N–H and O–H groups in total. The molecule has 1 unspecified atom stereocenters. The third-order valence-electron chi connectivity index (χ3n) is 4.05. The van der Waals surface area contributed by atoms with Gasteiger partial charge in [0.1, 0.15) is 0 Å². The van der Waals surface area contributed by atoms with Crippen molar-refractivity contribution in [3.63, 3.8) is 0 Å². The number of amides is 2. The summed E-state index contributed by atoms with van der Waals surface area (Å²) < 4.78 is 0. The Bertz CT molecular complexity index is 644. The van der Waals surface area contributed by atoms with Gasteiger partial charge in [0.15, 0.2) is 5.82 Å². The summed E-state index contributed by atoms with van der Waals surface area (Å²) in [6.07, 6.45) is 3.87. The highest BCUT2D eigenvalue weighted by Crippen LogP contribution is 2.26. The Morgan fingerprint density at radius 1 is 1.27 bits per heavy atom. The van der Waals surface area contributed by atoms with E-state index in [0.717, 1.165) is 36.5 Å². The lowest BCUT2D eigenvalue weighted by molar-refractivity contribution is 0.181. The molecule has 1 aromatic heterocycles. The topological polar surface area (TPSA) is 58.1 Å². The molecule has 1 aliphatic rings. The average Bonchev–Trinajstić information content (AvgIpc) is 2.62. The molecule has 0 saturated carbocycles. The van der Waals surface area contributed by atoms with Gasteiger partial charge >= 0.3 is 6.03 Å². The Balaban J connectivity index is 1.81. The number of piperidine rings is 1. The van der Waals surface area contributed by atoms with Crippen LogP contribution in [-0.4, -0.2) is 41.0 Å². The normalized spacial score (nSPS) is 18.0. The molecule has 1 aliphatic heterocycles. The standard InChI is InChI=1S/C17H20N4O/c1-18-17(22)21-11-5-8-14(12-21)15-9-10-19-16(20-15)13-6-3-2-4-7-13/h2-4,6-7,9-10,14H,5,8,11-12H2,1H3,(H,18,22). The molecule has 3 rings (SSSR count). The van der Waals surface area contributed by atoms with Crippen LogP contribution in [0.5, 0.6) is 0 Å². The third kappa shape index (κ3) is 3.08. The van der Waals surface area contributed by atoms with Gasteiger partial charge in [-0.1, -0.05) is 30.3 Å². The minimum atomic E-state index is -0.0120. The van der Waals surface area contributed by atoms with Crippen molar-refractivity contribution in [1.29, 1.82) is 0 Å². The SMILES string of the molecule is CNC(=O)N1CCCC(c2ccnc(-c3ccccc3)n2)C1. The van der Waals surface area contributed by atoms with Crippen LogP contribution in [0.3, 0.4) is 0 Å². The van der Waals surface area contributed by atoms with E-state index < -0.39 is 0 Å². The number of nitrogens with one attached hydrogen (secondary N) is 1. The van der Waals surface area contributed by atoms with Crippen molar-refractivity contribution in [2.75, 3.05) is 20.1 Å². The number of hydrogen-bond acceptors (Lipinski definition) is 3. The quantitative estimate of drug-likeness (QED) is 0.927. The fraction of sp³-hybridized carbons (Fsp3) is 0.353. The zero-order chi connectivity index (χ0) is 15.4. The molecule has 1 aromatic carbocycles.